The van der Waals surface area contributed by atoms with Crippen LogP contribution in [0, 0.1) is 6.92 Å². The van der Waals surface area contributed by atoms with E-state index >= 15 is 0 Å². The van der Waals surface area contributed by atoms with Gasteiger partial charge in [0, 0.05) is 18.3 Å². The Morgan fingerprint density at radius 2 is 1.80 bits per heavy atom. The molecule has 3 heteroatoms. The summed E-state index contributed by atoms with van der Waals surface area (Å²) in [6.45, 7) is 7.15. The van der Waals surface area contributed by atoms with Crippen LogP contribution in [-0.2, 0) is 13.2 Å². The molecule has 1 heterocycles. The van der Waals surface area contributed by atoms with Gasteiger partial charge in [0.25, 0.3) is 0 Å². The summed E-state index contributed by atoms with van der Waals surface area (Å²) < 4.78 is 0. The van der Waals surface area contributed by atoms with Crippen LogP contribution in [0.3, 0.4) is 0 Å². The number of hydrogen-bond donors (Lipinski definition) is 1. The molecule has 2 rings (SSSR count). The number of anilines is 1. The summed E-state index contributed by atoms with van der Waals surface area (Å²) >= 11 is 0. The Labute approximate surface area is 120 Å². The van der Waals surface area contributed by atoms with E-state index in [9.17, 15) is 5.11 Å². The molecule has 0 radical (unpaired) electrons. The minimum Gasteiger partial charge on any atom is -0.392 e. The third-order valence-electron chi connectivity index (χ3n) is 3.30. The normalized spacial score (nSPS) is 10.8. The van der Waals surface area contributed by atoms with E-state index in [1.54, 1.807) is 0 Å². The second-order valence-corrected chi connectivity index (χ2v) is 5.34. The molecule has 0 fully saturated rings. The zero-order valence-corrected chi connectivity index (χ0v) is 12.4. The van der Waals surface area contributed by atoms with Gasteiger partial charge in [-0.25, -0.2) is 4.98 Å². The number of aromatic nitrogens is 1. The van der Waals surface area contributed by atoms with Gasteiger partial charge in [-0.1, -0.05) is 30.3 Å². The van der Waals surface area contributed by atoms with E-state index in [4.69, 9.17) is 0 Å². The lowest BCUT2D eigenvalue weighted by Crippen LogP contribution is -2.31. The van der Waals surface area contributed by atoms with Gasteiger partial charge in [-0.15, -0.1) is 0 Å². The van der Waals surface area contributed by atoms with Crippen molar-refractivity contribution in [3.05, 3.63) is 59.3 Å². The molecule has 3 nitrogen and oxygen atoms in total. The van der Waals surface area contributed by atoms with E-state index in [0.717, 1.165) is 23.6 Å². The average molecular weight is 270 g/mol. The highest BCUT2D eigenvalue weighted by Crippen LogP contribution is 2.20. The second kappa shape index (κ2) is 6.53. The SMILES string of the molecule is Cc1cc(CO)cc(N(Cc2ccccc2)C(C)C)n1. The van der Waals surface area contributed by atoms with Gasteiger partial charge < -0.3 is 10.0 Å². The zero-order chi connectivity index (χ0) is 14.5. The summed E-state index contributed by atoms with van der Waals surface area (Å²) in [5, 5.41) is 9.35. The van der Waals surface area contributed by atoms with E-state index in [1.807, 2.05) is 25.1 Å². The third-order valence-corrected chi connectivity index (χ3v) is 3.30. The van der Waals surface area contributed by atoms with Crippen LogP contribution < -0.4 is 4.90 Å². The molecule has 0 atom stereocenters. The van der Waals surface area contributed by atoms with E-state index in [1.165, 1.54) is 5.56 Å². The van der Waals surface area contributed by atoms with Crippen molar-refractivity contribution in [3.63, 3.8) is 0 Å². The molecule has 0 amide bonds. The van der Waals surface area contributed by atoms with Gasteiger partial charge in [0.15, 0.2) is 0 Å². The molecule has 0 bridgehead atoms. The lowest BCUT2D eigenvalue weighted by molar-refractivity contribution is 0.281. The maximum atomic E-state index is 9.35. The fourth-order valence-electron chi connectivity index (χ4n) is 2.27. The minimum absolute atomic E-state index is 0.0492. The van der Waals surface area contributed by atoms with Crippen LogP contribution >= 0.6 is 0 Å². The van der Waals surface area contributed by atoms with Crippen LogP contribution in [0.1, 0.15) is 30.7 Å². The third kappa shape index (κ3) is 3.58. The highest BCUT2D eigenvalue weighted by molar-refractivity contribution is 5.44. The summed E-state index contributed by atoms with van der Waals surface area (Å²) in [4.78, 5) is 6.87. The average Bonchev–Trinajstić information content (AvgIpc) is 2.44. The maximum absolute atomic E-state index is 9.35. The zero-order valence-electron chi connectivity index (χ0n) is 12.4. The fraction of sp³-hybridized carbons (Fsp3) is 0.353. The molecule has 0 aliphatic rings. The van der Waals surface area contributed by atoms with Crippen LogP contribution in [0.25, 0.3) is 0 Å². The van der Waals surface area contributed by atoms with Crippen molar-refractivity contribution >= 4 is 5.82 Å². The van der Waals surface area contributed by atoms with Crippen LogP contribution in [-0.4, -0.2) is 16.1 Å². The lowest BCUT2D eigenvalue weighted by atomic mass is 10.1. The van der Waals surface area contributed by atoms with Crippen LogP contribution in [0.2, 0.25) is 0 Å². The van der Waals surface area contributed by atoms with Crippen molar-refractivity contribution in [1.29, 1.82) is 0 Å². The molecule has 0 unspecified atom stereocenters. The number of aryl methyl sites for hydroxylation is 1. The van der Waals surface area contributed by atoms with Gasteiger partial charge in [0.05, 0.1) is 6.61 Å². The van der Waals surface area contributed by atoms with Gasteiger partial charge in [0.2, 0.25) is 0 Å². The van der Waals surface area contributed by atoms with Crippen molar-refractivity contribution in [3.8, 4) is 0 Å². The first-order valence-electron chi connectivity index (χ1n) is 6.99. The molecule has 0 saturated heterocycles. The monoisotopic (exact) mass is 270 g/mol. The van der Waals surface area contributed by atoms with E-state index in [-0.39, 0.29) is 6.61 Å². The van der Waals surface area contributed by atoms with Crippen LogP contribution in [0.4, 0.5) is 5.82 Å². The smallest absolute Gasteiger partial charge is 0.129 e. The molecule has 2 aromatic rings. The Morgan fingerprint density at radius 1 is 1.10 bits per heavy atom. The standard InChI is InChI=1S/C17H22N2O/c1-13(2)19(11-15-7-5-4-6-8-15)17-10-16(12-20)9-14(3)18-17/h4-10,13,20H,11-12H2,1-3H3. The van der Waals surface area contributed by atoms with Crippen LogP contribution in [0.5, 0.6) is 0 Å². The molecular weight excluding hydrogens is 248 g/mol. The second-order valence-electron chi connectivity index (χ2n) is 5.34. The molecule has 1 N–H and O–H groups in total. The summed E-state index contributed by atoms with van der Waals surface area (Å²) in [7, 11) is 0. The van der Waals surface area contributed by atoms with Crippen molar-refractivity contribution in [1.82, 2.24) is 4.98 Å². The molecule has 0 aliphatic heterocycles. The predicted molar refractivity (Wildman–Crippen MR) is 82.7 cm³/mol. The van der Waals surface area contributed by atoms with Gasteiger partial charge in [-0.2, -0.15) is 0 Å². The molecule has 0 spiro atoms. The van der Waals surface area contributed by atoms with E-state index in [0.29, 0.717) is 6.04 Å². The van der Waals surface area contributed by atoms with E-state index in [2.05, 4.69) is 48.0 Å². The molecular formula is C17H22N2O. The predicted octanol–water partition coefficient (Wildman–Crippen LogP) is 3.30. The summed E-state index contributed by atoms with van der Waals surface area (Å²) in [5.74, 6) is 0.924. The number of aliphatic hydroxyl groups excluding tert-OH is 1. The highest BCUT2D eigenvalue weighted by Gasteiger charge is 2.13. The number of benzene rings is 1. The Balaban J connectivity index is 2.31. The minimum atomic E-state index is 0.0492. The van der Waals surface area contributed by atoms with Gasteiger partial charge in [0.1, 0.15) is 5.82 Å². The first-order chi connectivity index (χ1) is 9.60. The number of rotatable bonds is 5. The first-order valence-corrected chi connectivity index (χ1v) is 6.99. The summed E-state index contributed by atoms with van der Waals surface area (Å²) in [6.07, 6.45) is 0. The van der Waals surface area contributed by atoms with E-state index < -0.39 is 0 Å². The van der Waals surface area contributed by atoms with Crippen LogP contribution in [0.15, 0.2) is 42.5 Å². The fourth-order valence-corrected chi connectivity index (χ4v) is 2.27. The molecule has 0 saturated carbocycles. The Bertz CT molecular complexity index is 552. The van der Waals surface area contributed by atoms with Gasteiger partial charge in [-0.3, -0.25) is 0 Å². The molecule has 1 aromatic carbocycles. The Morgan fingerprint density at radius 3 is 2.40 bits per heavy atom. The topological polar surface area (TPSA) is 36.4 Å². The van der Waals surface area contributed by atoms with Gasteiger partial charge in [-0.05, 0) is 44.0 Å². The summed E-state index contributed by atoms with van der Waals surface area (Å²) in [5.41, 5.74) is 3.10. The van der Waals surface area contributed by atoms with Crippen molar-refractivity contribution in [2.24, 2.45) is 0 Å². The van der Waals surface area contributed by atoms with Crippen molar-refractivity contribution in [2.45, 2.75) is 40.0 Å². The summed E-state index contributed by atoms with van der Waals surface area (Å²) in [6, 6.07) is 14.6. The Kier molecular flexibility index (Phi) is 4.74. The maximum Gasteiger partial charge on any atom is 0.129 e. The molecule has 1 aromatic heterocycles. The largest absolute Gasteiger partial charge is 0.392 e. The highest BCUT2D eigenvalue weighted by atomic mass is 16.3. The molecule has 20 heavy (non-hydrogen) atoms. The quantitative estimate of drug-likeness (QED) is 0.905. The Hall–Kier alpha value is -1.87. The number of hydrogen-bond acceptors (Lipinski definition) is 3. The van der Waals surface area contributed by atoms with Crippen molar-refractivity contribution in [2.75, 3.05) is 4.90 Å². The molecule has 0 aliphatic carbocycles. The number of nitrogens with zero attached hydrogens (tertiary/aromatic N) is 2. The molecule has 106 valence electrons. The van der Waals surface area contributed by atoms with Gasteiger partial charge >= 0.3 is 0 Å². The van der Waals surface area contributed by atoms with Crippen molar-refractivity contribution < 1.29 is 5.11 Å². The number of pyridine rings is 1. The number of aliphatic hydroxyl groups is 1. The first kappa shape index (κ1) is 14.5. The lowest BCUT2D eigenvalue weighted by Gasteiger charge is -2.28.